The molecule has 4 aromatic carbocycles. The second kappa shape index (κ2) is 8.83. The molecule has 4 rings (SSSR count). The van der Waals surface area contributed by atoms with Gasteiger partial charge in [-0.05, 0) is 61.4 Å². The van der Waals surface area contributed by atoms with E-state index < -0.39 is 0 Å². The van der Waals surface area contributed by atoms with Gasteiger partial charge in [0.15, 0.2) is 0 Å². The third kappa shape index (κ3) is 4.09. The van der Waals surface area contributed by atoms with Crippen LogP contribution in [0.25, 0.3) is 32.7 Å². The van der Waals surface area contributed by atoms with Crippen molar-refractivity contribution >= 4 is 34.0 Å². The first-order valence-electron chi connectivity index (χ1n) is 10.9. The van der Waals surface area contributed by atoms with E-state index >= 15 is 0 Å². The van der Waals surface area contributed by atoms with Crippen LogP contribution in [0.3, 0.4) is 0 Å². The number of fused-ring (bicyclic) bond motifs is 2. The average Bonchev–Trinajstić information content (AvgIpc) is 2.77. The van der Waals surface area contributed by atoms with Crippen molar-refractivity contribution in [3.05, 3.63) is 71.8 Å². The summed E-state index contributed by atoms with van der Waals surface area (Å²) in [6.45, 7) is 7.97. The minimum Gasteiger partial charge on any atom is -0.507 e. The Hall–Kier alpha value is -3.66. The number of hydrogen-bond acceptors (Lipinski definition) is 4. The molecule has 4 heteroatoms. The highest BCUT2D eigenvalue weighted by molar-refractivity contribution is 6.14. The van der Waals surface area contributed by atoms with Crippen molar-refractivity contribution in [1.29, 1.82) is 0 Å². The van der Waals surface area contributed by atoms with Crippen molar-refractivity contribution < 1.29 is 10.2 Å². The van der Waals surface area contributed by atoms with Crippen molar-refractivity contribution in [2.24, 2.45) is 9.98 Å². The molecule has 0 aromatic heterocycles. The monoisotopic (exact) mass is 424 g/mol. The fourth-order valence-electron chi connectivity index (χ4n) is 3.88. The number of nitrogens with zero attached hydrogens (tertiary/aromatic N) is 2. The number of aliphatic imine (C=N–C) groups is 2. The number of hydrogen-bond donors (Lipinski definition) is 2. The molecule has 0 heterocycles. The fraction of sp³-hybridized carbons (Fsp3) is 0.214. The van der Waals surface area contributed by atoms with Gasteiger partial charge in [0.05, 0.1) is 0 Å². The smallest absolute Gasteiger partial charge is 0.132 e. The molecular formula is C28H28N2O2. The number of phenols is 2. The van der Waals surface area contributed by atoms with E-state index in [4.69, 9.17) is 0 Å². The number of benzene rings is 4. The molecule has 0 aliphatic rings. The van der Waals surface area contributed by atoms with Gasteiger partial charge >= 0.3 is 0 Å². The molecule has 0 spiro atoms. The van der Waals surface area contributed by atoms with Crippen LogP contribution < -0.4 is 0 Å². The molecule has 0 unspecified atom stereocenters. The standard InChI is InChI=1S/C28H28N2O2/c1-17(2)29-15-21-13-19-9-5-7-11-23(19)25(27(21)31)26-24-12-8-6-10-20(24)14-22(28(26)32)16-30-18(3)4/h5-18,31-32H,1-4H3. The predicted molar refractivity (Wildman–Crippen MR) is 136 cm³/mol. The van der Waals surface area contributed by atoms with E-state index in [1.807, 2.05) is 88.4 Å². The Morgan fingerprint density at radius 2 is 1.00 bits per heavy atom. The fourth-order valence-corrected chi connectivity index (χ4v) is 3.88. The van der Waals surface area contributed by atoms with Crippen LogP contribution >= 0.6 is 0 Å². The molecule has 0 bridgehead atoms. The Kier molecular flexibility index (Phi) is 5.95. The number of phenolic OH excluding ortho intramolecular Hbond substituents is 2. The molecule has 0 aliphatic carbocycles. The summed E-state index contributed by atoms with van der Waals surface area (Å²) in [7, 11) is 0. The highest BCUT2D eigenvalue weighted by atomic mass is 16.3. The van der Waals surface area contributed by atoms with E-state index in [-0.39, 0.29) is 23.6 Å². The minimum atomic E-state index is 0.103. The second-order valence-electron chi connectivity index (χ2n) is 8.56. The first-order valence-corrected chi connectivity index (χ1v) is 10.9. The van der Waals surface area contributed by atoms with Crippen molar-refractivity contribution in [3.8, 4) is 22.6 Å². The van der Waals surface area contributed by atoms with Gasteiger partial charge in [0.2, 0.25) is 0 Å². The van der Waals surface area contributed by atoms with E-state index in [2.05, 4.69) is 9.98 Å². The number of aromatic hydroxyl groups is 2. The summed E-state index contributed by atoms with van der Waals surface area (Å²) in [5.41, 5.74) is 2.44. The van der Waals surface area contributed by atoms with Gasteiger partial charge in [0.1, 0.15) is 11.5 Å². The lowest BCUT2D eigenvalue weighted by Crippen LogP contribution is -1.96. The van der Waals surface area contributed by atoms with Crippen LogP contribution in [0.15, 0.2) is 70.6 Å². The summed E-state index contributed by atoms with van der Waals surface area (Å²) in [6.07, 6.45) is 3.42. The maximum Gasteiger partial charge on any atom is 0.132 e. The van der Waals surface area contributed by atoms with Crippen LogP contribution in [0, 0.1) is 0 Å². The van der Waals surface area contributed by atoms with E-state index in [1.165, 1.54) is 0 Å². The highest BCUT2D eigenvalue weighted by Crippen LogP contribution is 2.47. The van der Waals surface area contributed by atoms with Gasteiger partial charge in [-0.2, -0.15) is 0 Å². The Balaban J connectivity index is 2.13. The molecule has 0 aliphatic heterocycles. The van der Waals surface area contributed by atoms with Crippen LogP contribution in [-0.2, 0) is 0 Å². The largest absolute Gasteiger partial charge is 0.507 e. The second-order valence-corrected chi connectivity index (χ2v) is 8.56. The molecule has 32 heavy (non-hydrogen) atoms. The first kappa shape index (κ1) is 21.6. The van der Waals surface area contributed by atoms with Gasteiger partial charge in [-0.1, -0.05) is 48.5 Å². The molecule has 0 fully saturated rings. The van der Waals surface area contributed by atoms with Crippen molar-refractivity contribution in [2.75, 3.05) is 0 Å². The van der Waals surface area contributed by atoms with Crippen LogP contribution in [0.2, 0.25) is 0 Å². The van der Waals surface area contributed by atoms with E-state index in [0.717, 1.165) is 21.5 Å². The predicted octanol–water partition coefficient (Wildman–Crippen LogP) is 6.73. The third-order valence-electron chi connectivity index (χ3n) is 5.38. The summed E-state index contributed by atoms with van der Waals surface area (Å²) >= 11 is 0. The maximum absolute atomic E-state index is 11.4. The molecule has 0 radical (unpaired) electrons. The minimum absolute atomic E-state index is 0.103. The Bertz CT molecular complexity index is 1250. The Morgan fingerprint density at radius 3 is 1.38 bits per heavy atom. The first-order chi connectivity index (χ1) is 15.4. The quantitative estimate of drug-likeness (QED) is 0.349. The van der Waals surface area contributed by atoms with Crippen LogP contribution in [0.5, 0.6) is 11.5 Å². The SMILES string of the molecule is CC(C)N=Cc1cc2ccccc2c(-c2c(O)c(C=NC(C)C)cc3ccccc23)c1O. The molecule has 4 nitrogen and oxygen atoms in total. The van der Waals surface area contributed by atoms with Crippen molar-refractivity contribution in [1.82, 2.24) is 0 Å². The van der Waals surface area contributed by atoms with E-state index in [1.54, 1.807) is 12.4 Å². The lowest BCUT2D eigenvalue weighted by molar-refractivity contribution is 0.469. The van der Waals surface area contributed by atoms with Gasteiger partial charge in [-0.3, -0.25) is 9.98 Å². The molecule has 4 aromatic rings. The third-order valence-corrected chi connectivity index (χ3v) is 5.38. The molecule has 2 N–H and O–H groups in total. The van der Waals surface area contributed by atoms with Crippen molar-refractivity contribution in [3.63, 3.8) is 0 Å². The molecule has 0 atom stereocenters. The number of rotatable bonds is 5. The lowest BCUT2D eigenvalue weighted by Gasteiger charge is -2.17. The Morgan fingerprint density at radius 1 is 0.625 bits per heavy atom. The van der Waals surface area contributed by atoms with Gasteiger partial charge in [0.25, 0.3) is 0 Å². The van der Waals surface area contributed by atoms with Gasteiger partial charge in [0, 0.05) is 46.8 Å². The molecule has 0 saturated heterocycles. The van der Waals surface area contributed by atoms with Gasteiger partial charge < -0.3 is 10.2 Å². The lowest BCUT2D eigenvalue weighted by atomic mass is 9.89. The topological polar surface area (TPSA) is 65.2 Å². The zero-order chi connectivity index (χ0) is 22.8. The molecule has 162 valence electrons. The normalized spacial score (nSPS) is 12.3. The maximum atomic E-state index is 11.4. The summed E-state index contributed by atoms with van der Waals surface area (Å²) < 4.78 is 0. The van der Waals surface area contributed by atoms with E-state index in [9.17, 15) is 10.2 Å². The van der Waals surface area contributed by atoms with Crippen LogP contribution in [0.4, 0.5) is 0 Å². The zero-order valence-corrected chi connectivity index (χ0v) is 18.9. The van der Waals surface area contributed by atoms with Gasteiger partial charge in [-0.25, -0.2) is 0 Å². The van der Waals surface area contributed by atoms with Crippen LogP contribution in [-0.4, -0.2) is 34.7 Å². The molecule has 0 amide bonds. The molecule has 0 saturated carbocycles. The van der Waals surface area contributed by atoms with Crippen molar-refractivity contribution in [2.45, 2.75) is 39.8 Å². The van der Waals surface area contributed by atoms with Crippen LogP contribution in [0.1, 0.15) is 38.8 Å². The zero-order valence-electron chi connectivity index (χ0n) is 18.9. The average molecular weight is 425 g/mol. The van der Waals surface area contributed by atoms with E-state index in [0.29, 0.717) is 22.3 Å². The molecular weight excluding hydrogens is 396 g/mol. The summed E-state index contributed by atoms with van der Waals surface area (Å²) in [5, 5.41) is 26.5. The highest BCUT2D eigenvalue weighted by Gasteiger charge is 2.21. The summed E-state index contributed by atoms with van der Waals surface area (Å²) in [4.78, 5) is 8.96. The van der Waals surface area contributed by atoms with Gasteiger partial charge in [-0.15, -0.1) is 0 Å². The summed E-state index contributed by atoms with van der Waals surface area (Å²) in [6, 6.07) is 19.9. The Labute approximate surface area is 188 Å². The summed E-state index contributed by atoms with van der Waals surface area (Å²) in [5.74, 6) is 0.206.